The van der Waals surface area contributed by atoms with E-state index in [1.165, 1.54) is 11.6 Å². The lowest BCUT2D eigenvalue weighted by Crippen LogP contribution is -2.11. The number of hydrogen-bond acceptors (Lipinski definition) is 1. The van der Waals surface area contributed by atoms with E-state index in [0.717, 1.165) is 27.4 Å². The summed E-state index contributed by atoms with van der Waals surface area (Å²) >= 11 is 0. The summed E-state index contributed by atoms with van der Waals surface area (Å²) < 4.78 is 15.8. The predicted molar refractivity (Wildman–Crippen MR) is 108 cm³/mol. The van der Waals surface area contributed by atoms with Gasteiger partial charge in [-0.25, -0.2) is 4.39 Å². The van der Waals surface area contributed by atoms with Crippen LogP contribution in [0.4, 0.5) is 4.39 Å². The molecule has 2 N–H and O–H groups in total. The number of nitrogens with zero attached hydrogens (tertiary/aromatic N) is 1. The first-order valence-corrected chi connectivity index (χ1v) is 9.05. The second-order valence-corrected chi connectivity index (χ2v) is 7.21. The monoisotopic (exact) mass is 360 g/mol. The lowest BCUT2D eigenvalue weighted by atomic mass is 10.00. The van der Waals surface area contributed by atoms with Crippen LogP contribution in [-0.2, 0) is 6.54 Å². The van der Waals surface area contributed by atoms with E-state index in [1.807, 2.05) is 18.2 Å². The molecule has 1 heterocycles. The van der Waals surface area contributed by atoms with Crippen LogP contribution in [0.25, 0.3) is 21.8 Å². The fraction of sp³-hybridized carbons (Fsp3) is 0.174. The summed E-state index contributed by atoms with van der Waals surface area (Å²) in [5, 5.41) is 1.84. The van der Waals surface area contributed by atoms with Crippen LogP contribution in [0.5, 0.6) is 0 Å². The third-order valence-corrected chi connectivity index (χ3v) is 5.08. The maximum atomic E-state index is 13.7. The molecule has 1 amide bonds. The van der Waals surface area contributed by atoms with Gasteiger partial charge in [0.2, 0.25) is 5.91 Å². The van der Waals surface area contributed by atoms with Gasteiger partial charge in [-0.15, -0.1) is 0 Å². The summed E-state index contributed by atoms with van der Waals surface area (Å²) in [4.78, 5) is 12.0. The van der Waals surface area contributed by atoms with E-state index in [2.05, 4.69) is 36.6 Å². The molecule has 0 aliphatic carbocycles. The Morgan fingerprint density at radius 3 is 2.52 bits per heavy atom. The number of benzene rings is 3. The number of amides is 1. The van der Waals surface area contributed by atoms with Gasteiger partial charge in [-0.05, 0) is 47.4 Å². The highest BCUT2D eigenvalue weighted by atomic mass is 19.1. The van der Waals surface area contributed by atoms with Gasteiger partial charge in [0.1, 0.15) is 5.82 Å². The van der Waals surface area contributed by atoms with E-state index >= 15 is 0 Å². The zero-order valence-corrected chi connectivity index (χ0v) is 15.4. The second-order valence-electron chi connectivity index (χ2n) is 7.21. The molecule has 1 aromatic heterocycles. The molecule has 0 spiro atoms. The average molecular weight is 360 g/mol. The van der Waals surface area contributed by atoms with Gasteiger partial charge in [0.15, 0.2) is 0 Å². The highest BCUT2D eigenvalue weighted by molar-refractivity contribution is 6.18. The van der Waals surface area contributed by atoms with Crippen LogP contribution in [-0.4, -0.2) is 10.5 Å². The van der Waals surface area contributed by atoms with E-state index in [0.29, 0.717) is 18.0 Å². The molecule has 0 bridgehead atoms. The standard InChI is InChI=1S/C23H21FN2O/c1-14(2)16-9-10-18-21(12-16)26(13-15-5-3-6-17(24)11-15)20-8-4-7-19(22(18)20)23(25)27/h3-12,14H,13H2,1-2H3,(H2,25,27). The van der Waals surface area contributed by atoms with Crippen LogP contribution in [0.1, 0.15) is 41.3 Å². The van der Waals surface area contributed by atoms with Gasteiger partial charge >= 0.3 is 0 Å². The highest BCUT2D eigenvalue weighted by Crippen LogP contribution is 2.34. The van der Waals surface area contributed by atoms with E-state index < -0.39 is 5.91 Å². The van der Waals surface area contributed by atoms with Crippen LogP contribution in [0, 0.1) is 5.82 Å². The topological polar surface area (TPSA) is 48.0 Å². The second kappa shape index (κ2) is 6.54. The van der Waals surface area contributed by atoms with Crippen molar-refractivity contribution in [1.82, 2.24) is 4.57 Å². The minimum Gasteiger partial charge on any atom is -0.366 e. The van der Waals surface area contributed by atoms with Crippen LogP contribution in [0.2, 0.25) is 0 Å². The number of aromatic nitrogens is 1. The van der Waals surface area contributed by atoms with Crippen LogP contribution >= 0.6 is 0 Å². The number of carbonyl (C=O) groups is 1. The Bertz CT molecular complexity index is 1170. The normalized spacial score (nSPS) is 11.6. The maximum Gasteiger partial charge on any atom is 0.249 e. The summed E-state index contributed by atoms with van der Waals surface area (Å²) in [5.41, 5.74) is 10.2. The minimum absolute atomic E-state index is 0.256. The fourth-order valence-electron chi connectivity index (χ4n) is 3.71. The van der Waals surface area contributed by atoms with Crippen LogP contribution in [0.3, 0.4) is 0 Å². The van der Waals surface area contributed by atoms with Crippen molar-refractivity contribution in [2.24, 2.45) is 5.73 Å². The largest absolute Gasteiger partial charge is 0.366 e. The molecule has 0 fully saturated rings. The molecule has 27 heavy (non-hydrogen) atoms. The predicted octanol–water partition coefficient (Wildman–Crippen LogP) is 5.20. The summed E-state index contributed by atoms with van der Waals surface area (Å²) in [6, 6.07) is 18.5. The molecule has 3 nitrogen and oxygen atoms in total. The van der Waals surface area contributed by atoms with E-state index in [-0.39, 0.29) is 5.82 Å². The Morgan fingerprint density at radius 1 is 1.04 bits per heavy atom. The SMILES string of the molecule is CC(C)c1ccc2c3c(C(N)=O)cccc3n(Cc3cccc(F)c3)c2c1. The number of rotatable bonds is 4. The maximum absolute atomic E-state index is 13.7. The quantitative estimate of drug-likeness (QED) is 0.534. The highest BCUT2D eigenvalue weighted by Gasteiger charge is 2.17. The van der Waals surface area contributed by atoms with Crippen LogP contribution in [0.15, 0.2) is 60.7 Å². The minimum atomic E-state index is -0.446. The Morgan fingerprint density at radius 2 is 1.81 bits per heavy atom. The fourth-order valence-corrected chi connectivity index (χ4v) is 3.71. The molecule has 136 valence electrons. The lowest BCUT2D eigenvalue weighted by Gasteiger charge is -2.10. The van der Waals surface area contributed by atoms with E-state index in [1.54, 1.807) is 18.2 Å². The van der Waals surface area contributed by atoms with Crippen molar-refractivity contribution in [1.29, 1.82) is 0 Å². The molecule has 0 saturated heterocycles. The number of fused-ring (bicyclic) bond motifs is 3. The van der Waals surface area contributed by atoms with Gasteiger partial charge in [-0.1, -0.05) is 44.2 Å². The Balaban J connectivity index is 2.05. The third-order valence-electron chi connectivity index (χ3n) is 5.08. The molecule has 0 atom stereocenters. The van der Waals surface area contributed by atoms with Crippen molar-refractivity contribution in [2.45, 2.75) is 26.3 Å². The lowest BCUT2D eigenvalue weighted by molar-refractivity contribution is 0.100. The van der Waals surface area contributed by atoms with Crippen molar-refractivity contribution in [3.63, 3.8) is 0 Å². The van der Waals surface area contributed by atoms with Crippen LogP contribution < -0.4 is 5.73 Å². The Kier molecular flexibility index (Phi) is 4.19. The smallest absolute Gasteiger partial charge is 0.249 e. The molecule has 0 unspecified atom stereocenters. The van der Waals surface area contributed by atoms with Gasteiger partial charge in [-0.2, -0.15) is 0 Å². The molecule has 4 rings (SSSR count). The molecule has 4 aromatic rings. The van der Waals surface area contributed by atoms with Crippen molar-refractivity contribution in [3.8, 4) is 0 Å². The molecular weight excluding hydrogens is 339 g/mol. The number of carbonyl (C=O) groups excluding carboxylic acids is 1. The molecule has 4 heteroatoms. The average Bonchev–Trinajstić information content (AvgIpc) is 2.95. The number of hydrogen-bond donors (Lipinski definition) is 1. The van der Waals surface area contributed by atoms with Gasteiger partial charge in [0.05, 0.1) is 5.52 Å². The van der Waals surface area contributed by atoms with Crippen molar-refractivity contribution in [2.75, 3.05) is 0 Å². The van der Waals surface area contributed by atoms with Crippen molar-refractivity contribution < 1.29 is 9.18 Å². The first-order chi connectivity index (χ1) is 13.0. The van der Waals surface area contributed by atoms with Crippen molar-refractivity contribution >= 4 is 27.7 Å². The summed E-state index contributed by atoms with van der Waals surface area (Å²) in [6.07, 6.45) is 0. The molecular formula is C23H21FN2O. The first-order valence-electron chi connectivity index (χ1n) is 9.05. The Labute approximate surface area is 157 Å². The summed E-state index contributed by atoms with van der Waals surface area (Å²) in [5.74, 6) is -0.321. The molecule has 0 saturated carbocycles. The molecule has 0 aliphatic rings. The van der Waals surface area contributed by atoms with E-state index in [9.17, 15) is 9.18 Å². The van der Waals surface area contributed by atoms with Gasteiger partial charge in [0.25, 0.3) is 0 Å². The van der Waals surface area contributed by atoms with Gasteiger partial charge in [-0.3, -0.25) is 4.79 Å². The van der Waals surface area contributed by atoms with Gasteiger partial charge in [0, 0.05) is 28.4 Å². The van der Waals surface area contributed by atoms with Gasteiger partial charge < -0.3 is 10.3 Å². The van der Waals surface area contributed by atoms with Crippen molar-refractivity contribution in [3.05, 3.63) is 83.2 Å². The number of primary amides is 1. The Hall–Kier alpha value is -3.14. The molecule has 0 radical (unpaired) electrons. The van der Waals surface area contributed by atoms with E-state index in [4.69, 9.17) is 5.73 Å². The summed E-state index contributed by atoms with van der Waals surface area (Å²) in [7, 11) is 0. The third kappa shape index (κ3) is 2.97. The number of halogens is 1. The molecule has 3 aromatic carbocycles. The summed E-state index contributed by atoms with van der Waals surface area (Å²) in [6.45, 7) is 4.81. The molecule has 0 aliphatic heterocycles. The number of nitrogens with two attached hydrogens (primary N) is 1. The zero-order chi connectivity index (χ0) is 19.1. The first kappa shape index (κ1) is 17.3. The zero-order valence-electron chi connectivity index (χ0n) is 15.4.